The van der Waals surface area contributed by atoms with Crippen molar-refractivity contribution in [2.24, 2.45) is 4.99 Å². The Morgan fingerprint density at radius 2 is 1.80 bits per heavy atom. The van der Waals surface area contributed by atoms with Gasteiger partial charge in [-0.25, -0.2) is 4.99 Å². The molecular weight excluding hydrogens is 252 g/mol. The Labute approximate surface area is 116 Å². The quantitative estimate of drug-likeness (QED) is 0.839. The summed E-state index contributed by atoms with van der Waals surface area (Å²) in [4.78, 5) is 16.8. The van der Waals surface area contributed by atoms with Gasteiger partial charge in [0.15, 0.2) is 5.78 Å². The average Bonchev–Trinajstić information content (AvgIpc) is 2.86. The van der Waals surface area contributed by atoms with E-state index >= 15 is 0 Å². The molecule has 3 rings (SSSR count). The summed E-state index contributed by atoms with van der Waals surface area (Å²) in [7, 11) is 0. The van der Waals surface area contributed by atoms with E-state index in [0.29, 0.717) is 12.3 Å². The predicted molar refractivity (Wildman–Crippen MR) is 76.4 cm³/mol. The maximum Gasteiger partial charge on any atom is 0.152 e. The van der Waals surface area contributed by atoms with Crippen molar-refractivity contribution in [2.75, 3.05) is 0 Å². The number of ketones is 1. The molecule has 0 bridgehead atoms. The highest BCUT2D eigenvalue weighted by atomic mass is 16.5. The SMILES string of the molecule is O=C(Cc1ccccc1)[C@@H]1C(NO)=Nc2ccccc21. The number of hydrogen-bond donors (Lipinski definition) is 2. The molecule has 2 aromatic rings. The third kappa shape index (κ3) is 2.21. The van der Waals surface area contributed by atoms with Gasteiger partial charge in [0.05, 0.1) is 5.69 Å². The largest absolute Gasteiger partial charge is 0.298 e. The highest BCUT2D eigenvalue weighted by molar-refractivity contribution is 6.13. The molecule has 0 spiro atoms. The number of hydrogen-bond acceptors (Lipinski definition) is 4. The van der Waals surface area contributed by atoms with E-state index in [1.807, 2.05) is 54.6 Å². The second kappa shape index (κ2) is 5.27. The van der Waals surface area contributed by atoms with Crippen molar-refractivity contribution in [1.82, 2.24) is 5.48 Å². The van der Waals surface area contributed by atoms with E-state index in [9.17, 15) is 10.0 Å². The summed E-state index contributed by atoms with van der Waals surface area (Å²) in [6.07, 6.45) is 0.320. The van der Waals surface area contributed by atoms with E-state index in [1.165, 1.54) is 0 Å². The van der Waals surface area contributed by atoms with Crippen LogP contribution in [-0.4, -0.2) is 16.8 Å². The van der Waals surface area contributed by atoms with Crippen molar-refractivity contribution in [3.8, 4) is 0 Å². The van der Waals surface area contributed by atoms with Crippen molar-refractivity contribution < 1.29 is 10.0 Å². The molecule has 0 aromatic heterocycles. The molecule has 4 heteroatoms. The Kier molecular flexibility index (Phi) is 3.31. The minimum absolute atomic E-state index is 0.0152. The number of benzene rings is 2. The first-order valence-electron chi connectivity index (χ1n) is 6.44. The Morgan fingerprint density at radius 1 is 1.10 bits per heavy atom. The van der Waals surface area contributed by atoms with Crippen LogP contribution in [0.4, 0.5) is 5.69 Å². The molecule has 2 aromatic carbocycles. The van der Waals surface area contributed by atoms with Gasteiger partial charge in [0, 0.05) is 6.42 Å². The van der Waals surface area contributed by atoms with Crippen LogP contribution in [0.25, 0.3) is 0 Å². The third-order valence-electron chi connectivity index (χ3n) is 3.42. The number of Topliss-reactive ketones (excluding diaryl/α,β-unsaturated/α-hetero) is 1. The molecule has 2 N–H and O–H groups in total. The van der Waals surface area contributed by atoms with Gasteiger partial charge in [-0.2, -0.15) is 0 Å². The summed E-state index contributed by atoms with van der Waals surface area (Å²) in [6.45, 7) is 0. The number of rotatable bonds is 3. The Hall–Kier alpha value is -2.46. The summed E-state index contributed by atoms with van der Waals surface area (Å²) < 4.78 is 0. The van der Waals surface area contributed by atoms with E-state index in [4.69, 9.17) is 0 Å². The van der Waals surface area contributed by atoms with Crippen molar-refractivity contribution in [2.45, 2.75) is 12.3 Å². The number of aliphatic imine (C=N–C) groups is 1. The van der Waals surface area contributed by atoms with Crippen molar-refractivity contribution >= 4 is 17.3 Å². The molecule has 0 saturated carbocycles. The zero-order valence-corrected chi connectivity index (χ0v) is 10.8. The molecule has 0 amide bonds. The van der Waals surface area contributed by atoms with E-state index in [0.717, 1.165) is 16.8 Å². The first kappa shape index (κ1) is 12.6. The summed E-state index contributed by atoms with van der Waals surface area (Å²) >= 11 is 0. The third-order valence-corrected chi connectivity index (χ3v) is 3.42. The van der Waals surface area contributed by atoms with Crippen LogP contribution in [0.15, 0.2) is 59.6 Å². The molecule has 1 atom stereocenters. The monoisotopic (exact) mass is 266 g/mol. The maximum absolute atomic E-state index is 12.5. The van der Waals surface area contributed by atoms with Crippen LogP contribution < -0.4 is 5.48 Å². The lowest BCUT2D eigenvalue weighted by atomic mass is 9.91. The van der Waals surface area contributed by atoms with E-state index in [-0.39, 0.29) is 5.78 Å². The van der Waals surface area contributed by atoms with Gasteiger partial charge in [0.25, 0.3) is 0 Å². The van der Waals surface area contributed by atoms with Crippen LogP contribution in [0, 0.1) is 0 Å². The summed E-state index contributed by atoms with van der Waals surface area (Å²) in [5, 5.41) is 9.19. The fourth-order valence-electron chi connectivity index (χ4n) is 2.49. The predicted octanol–water partition coefficient (Wildman–Crippen LogP) is 2.60. The molecule has 1 aliphatic rings. The van der Waals surface area contributed by atoms with Crippen LogP contribution in [0.2, 0.25) is 0 Å². The van der Waals surface area contributed by atoms with Crippen LogP contribution in [0.5, 0.6) is 0 Å². The van der Waals surface area contributed by atoms with Crippen molar-refractivity contribution in [3.05, 3.63) is 65.7 Å². The van der Waals surface area contributed by atoms with E-state index in [1.54, 1.807) is 0 Å². The highest BCUT2D eigenvalue weighted by Crippen LogP contribution is 2.35. The minimum atomic E-state index is -0.517. The molecule has 0 aliphatic carbocycles. The van der Waals surface area contributed by atoms with E-state index < -0.39 is 5.92 Å². The zero-order chi connectivity index (χ0) is 13.9. The summed E-state index contributed by atoms with van der Waals surface area (Å²) in [5.41, 5.74) is 4.58. The first-order chi connectivity index (χ1) is 9.79. The van der Waals surface area contributed by atoms with Gasteiger partial charge in [0.1, 0.15) is 11.8 Å². The van der Waals surface area contributed by atoms with Gasteiger partial charge >= 0.3 is 0 Å². The minimum Gasteiger partial charge on any atom is -0.298 e. The van der Waals surface area contributed by atoms with Crippen LogP contribution >= 0.6 is 0 Å². The number of hydroxylamine groups is 1. The van der Waals surface area contributed by atoms with Crippen molar-refractivity contribution in [3.63, 3.8) is 0 Å². The van der Waals surface area contributed by atoms with Gasteiger partial charge in [-0.1, -0.05) is 48.5 Å². The Morgan fingerprint density at radius 3 is 2.55 bits per heavy atom. The fourth-order valence-corrected chi connectivity index (χ4v) is 2.49. The van der Waals surface area contributed by atoms with Gasteiger partial charge in [-0.3, -0.25) is 15.5 Å². The number of fused-ring (bicyclic) bond motifs is 1. The summed E-state index contributed by atoms with van der Waals surface area (Å²) in [5.74, 6) is -0.204. The van der Waals surface area contributed by atoms with Gasteiger partial charge in [-0.15, -0.1) is 0 Å². The van der Waals surface area contributed by atoms with E-state index in [2.05, 4.69) is 10.5 Å². The van der Waals surface area contributed by atoms with Gasteiger partial charge < -0.3 is 0 Å². The standard InChI is InChI=1S/C16H14N2O2/c19-14(10-11-6-2-1-3-7-11)15-12-8-4-5-9-13(12)17-16(15)18-20/h1-9,15,20H,10H2,(H,17,18)/t15-/m1/s1. The number of para-hydroxylation sites is 1. The average molecular weight is 266 g/mol. The number of carbonyl (C=O) groups excluding carboxylic acids is 1. The smallest absolute Gasteiger partial charge is 0.152 e. The highest BCUT2D eigenvalue weighted by Gasteiger charge is 2.32. The van der Waals surface area contributed by atoms with Crippen molar-refractivity contribution in [1.29, 1.82) is 0 Å². The lowest BCUT2D eigenvalue weighted by Gasteiger charge is -2.12. The number of carbonyl (C=O) groups is 1. The number of amidine groups is 1. The summed E-state index contributed by atoms with van der Waals surface area (Å²) in [6, 6.07) is 17.0. The topological polar surface area (TPSA) is 61.7 Å². The maximum atomic E-state index is 12.5. The zero-order valence-electron chi connectivity index (χ0n) is 10.8. The first-order valence-corrected chi connectivity index (χ1v) is 6.44. The van der Waals surface area contributed by atoms with Gasteiger partial charge in [-0.05, 0) is 17.2 Å². The second-order valence-corrected chi connectivity index (χ2v) is 4.73. The molecule has 100 valence electrons. The molecule has 0 fully saturated rings. The molecule has 4 nitrogen and oxygen atoms in total. The Bertz CT molecular complexity index is 665. The molecule has 20 heavy (non-hydrogen) atoms. The number of nitrogens with one attached hydrogen (secondary N) is 1. The molecule has 1 aliphatic heterocycles. The normalized spacial score (nSPS) is 16.4. The lowest BCUT2D eigenvalue weighted by Crippen LogP contribution is -2.30. The molecule has 0 unspecified atom stereocenters. The molecule has 1 heterocycles. The molecular formula is C16H14N2O2. The lowest BCUT2D eigenvalue weighted by molar-refractivity contribution is -0.118. The van der Waals surface area contributed by atoms with Crippen LogP contribution in [-0.2, 0) is 11.2 Å². The fraction of sp³-hybridized carbons (Fsp3) is 0.125. The molecule has 0 radical (unpaired) electrons. The van der Waals surface area contributed by atoms with Crippen LogP contribution in [0.1, 0.15) is 17.0 Å². The number of nitrogens with zero attached hydrogens (tertiary/aromatic N) is 1. The molecule has 0 saturated heterocycles. The van der Waals surface area contributed by atoms with Gasteiger partial charge in [0.2, 0.25) is 0 Å². The Balaban J connectivity index is 1.89. The second-order valence-electron chi connectivity index (χ2n) is 4.73. The van der Waals surface area contributed by atoms with Crippen LogP contribution in [0.3, 0.4) is 0 Å².